The van der Waals surface area contributed by atoms with Gasteiger partial charge in [0.1, 0.15) is 0 Å². The Labute approximate surface area is 107 Å². The highest BCUT2D eigenvalue weighted by Gasteiger charge is 2.26. The summed E-state index contributed by atoms with van der Waals surface area (Å²) in [4.78, 5) is 0. The van der Waals surface area contributed by atoms with Gasteiger partial charge in [-0.25, -0.2) is 0 Å². The summed E-state index contributed by atoms with van der Waals surface area (Å²) in [7, 11) is 0. The van der Waals surface area contributed by atoms with Crippen LogP contribution in [-0.2, 0) is 0 Å². The average Bonchev–Trinajstić information content (AvgIpc) is 2.36. The zero-order valence-corrected chi connectivity index (χ0v) is 11.8. The third kappa shape index (κ3) is 5.87. The summed E-state index contributed by atoms with van der Waals surface area (Å²) in [5, 5.41) is 13.3. The van der Waals surface area contributed by atoms with E-state index in [0.717, 1.165) is 6.42 Å². The van der Waals surface area contributed by atoms with Gasteiger partial charge in [-0.3, -0.25) is 0 Å². The number of aliphatic hydroxyl groups is 1. The second kappa shape index (κ2) is 8.10. The van der Waals surface area contributed by atoms with Crippen LogP contribution in [0, 0.1) is 0 Å². The molecule has 0 aromatic rings. The Morgan fingerprint density at radius 3 is 2.41 bits per heavy atom. The molecule has 2 nitrogen and oxygen atoms in total. The van der Waals surface area contributed by atoms with Crippen molar-refractivity contribution in [1.29, 1.82) is 0 Å². The lowest BCUT2D eigenvalue weighted by Crippen LogP contribution is -2.51. The highest BCUT2D eigenvalue weighted by Crippen LogP contribution is 2.22. The van der Waals surface area contributed by atoms with Gasteiger partial charge < -0.3 is 10.4 Å². The molecule has 102 valence electrons. The molecule has 0 bridgehead atoms. The molecule has 0 heterocycles. The fraction of sp³-hybridized carbons (Fsp3) is 1.00. The molecule has 1 aliphatic carbocycles. The summed E-state index contributed by atoms with van der Waals surface area (Å²) in [5.74, 6) is 0. The number of hydrogen-bond acceptors (Lipinski definition) is 2. The molecule has 1 aliphatic rings. The largest absolute Gasteiger partial charge is 0.394 e. The normalized spacial score (nSPS) is 21.4. The molecule has 1 saturated carbocycles. The second-order valence-electron chi connectivity index (χ2n) is 6.01. The molecule has 0 aliphatic heterocycles. The van der Waals surface area contributed by atoms with E-state index in [1.807, 2.05) is 0 Å². The van der Waals surface area contributed by atoms with Crippen LogP contribution in [0.2, 0.25) is 0 Å². The predicted octanol–water partition coefficient (Wildman–Crippen LogP) is 3.63. The standard InChI is InChI=1S/C15H31NO/c1-3-4-5-9-12-15(2,13-17)16-14-10-7-6-8-11-14/h14,16-17H,3-13H2,1-2H3. The highest BCUT2D eigenvalue weighted by atomic mass is 16.3. The van der Waals surface area contributed by atoms with Gasteiger partial charge in [0, 0.05) is 11.6 Å². The lowest BCUT2D eigenvalue weighted by molar-refractivity contribution is 0.140. The van der Waals surface area contributed by atoms with Crippen molar-refractivity contribution in [3.05, 3.63) is 0 Å². The van der Waals surface area contributed by atoms with Gasteiger partial charge in [0.25, 0.3) is 0 Å². The summed E-state index contributed by atoms with van der Waals surface area (Å²) < 4.78 is 0. The summed E-state index contributed by atoms with van der Waals surface area (Å²) in [6.45, 7) is 4.70. The average molecular weight is 241 g/mol. The van der Waals surface area contributed by atoms with E-state index in [2.05, 4.69) is 19.2 Å². The van der Waals surface area contributed by atoms with Crippen molar-refractivity contribution in [1.82, 2.24) is 5.32 Å². The molecule has 1 rings (SSSR count). The Hall–Kier alpha value is -0.0800. The first-order valence-corrected chi connectivity index (χ1v) is 7.59. The van der Waals surface area contributed by atoms with Crippen molar-refractivity contribution in [2.75, 3.05) is 6.61 Å². The molecule has 0 aromatic carbocycles. The fourth-order valence-electron chi connectivity index (χ4n) is 2.88. The van der Waals surface area contributed by atoms with E-state index < -0.39 is 0 Å². The molecule has 0 spiro atoms. The number of hydrogen-bond donors (Lipinski definition) is 2. The molecule has 1 fully saturated rings. The van der Waals surface area contributed by atoms with Crippen LogP contribution in [0.3, 0.4) is 0 Å². The van der Waals surface area contributed by atoms with Gasteiger partial charge in [0.05, 0.1) is 6.61 Å². The number of unbranched alkanes of at least 4 members (excludes halogenated alkanes) is 3. The van der Waals surface area contributed by atoms with Crippen molar-refractivity contribution in [3.8, 4) is 0 Å². The van der Waals surface area contributed by atoms with Gasteiger partial charge in [-0.05, 0) is 26.2 Å². The minimum atomic E-state index is -0.0459. The molecule has 17 heavy (non-hydrogen) atoms. The maximum absolute atomic E-state index is 9.61. The topological polar surface area (TPSA) is 32.3 Å². The van der Waals surface area contributed by atoms with Crippen LogP contribution in [0.4, 0.5) is 0 Å². The van der Waals surface area contributed by atoms with E-state index in [-0.39, 0.29) is 12.1 Å². The Morgan fingerprint density at radius 2 is 1.82 bits per heavy atom. The minimum absolute atomic E-state index is 0.0459. The zero-order chi connectivity index (χ0) is 12.6. The monoisotopic (exact) mass is 241 g/mol. The van der Waals surface area contributed by atoms with E-state index >= 15 is 0 Å². The van der Waals surface area contributed by atoms with Gasteiger partial charge in [-0.2, -0.15) is 0 Å². The second-order valence-corrected chi connectivity index (χ2v) is 6.01. The van der Waals surface area contributed by atoms with E-state index in [1.165, 1.54) is 57.8 Å². The molecule has 2 heteroatoms. The Bertz CT molecular complexity index is 189. The molecule has 0 saturated heterocycles. The van der Waals surface area contributed by atoms with Gasteiger partial charge in [-0.1, -0.05) is 51.9 Å². The fourth-order valence-corrected chi connectivity index (χ4v) is 2.88. The molecule has 0 amide bonds. The van der Waals surface area contributed by atoms with Crippen LogP contribution >= 0.6 is 0 Å². The van der Waals surface area contributed by atoms with Crippen molar-refractivity contribution in [2.24, 2.45) is 0 Å². The van der Waals surface area contributed by atoms with E-state index in [1.54, 1.807) is 0 Å². The Morgan fingerprint density at radius 1 is 1.12 bits per heavy atom. The van der Waals surface area contributed by atoms with Gasteiger partial charge in [-0.15, -0.1) is 0 Å². The Kier molecular flexibility index (Phi) is 7.14. The smallest absolute Gasteiger partial charge is 0.0610 e. The predicted molar refractivity (Wildman–Crippen MR) is 74.3 cm³/mol. The van der Waals surface area contributed by atoms with Crippen molar-refractivity contribution in [2.45, 2.75) is 89.6 Å². The molecule has 1 unspecified atom stereocenters. The molecule has 0 aromatic heterocycles. The summed E-state index contributed by atoms with van der Waals surface area (Å²) >= 11 is 0. The third-order valence-electron chi connectivity index (χ3n) is 4.09. The number of rotatable bonds is 8. The first-order valence-electron chi connectivity index (χ1n) is 7.59. The van der Waals surface area contributed by atoms with Crippen LogP contribution in [0.25, 0.3) is 0 Å². The van der Waals surface area contributed by atoms with Crippen LogP contribution in [0.15, 0.2) is 0 Å². The van der Waals surface area contributed by atoms with Gasteiger partial charge in [0.2, 0.25) is 0 Å². The quantitative estimate of drug-likeness (QED) is 0.636. The summed E-state index contributed by atoms with van der Waals surface area (Å²) in [6.07, 6.45) is 13.0. The van der Waals surface area contributed by atoms with Crippen LogP contribution in [-0.4, -0.2) is 23.3 Å². The van der Waals surface area contributed by atoms with Crippen LogP contribution < -0.4 is 5.32 Å². The van der Waals surface area contributed by atoms with Gasteiger partial charge in [0.15, 0.2) is 0 Å². The maximum atomic E-state index is 9.61. The zero-order valence-electron chi connectivity index (χ0n) is 11.8. The molecular weight excluding hydrogens is 210 g/mol. The van der Waals surface area contributed by atoms with E-state index in [4.69, 9.17) is 0 Å². The Balaban J connectivity index is 2.27. The highest BCUT2D eigenvalue weighted by molar-refractivity contribution is 4.87. The van der Waals surface area contributed by atoms with Crippen molar-refractivity contribution < 1.29 is 5.11 Å². The lowest BCUT2D eigenvalue weighted by Gasteiger charge is -2.35. The number of nitrogens with one attached hydrogen (secondary N) is 1. The van der Waals surface area contributed by atoms with E-state index in [0.29, 0.717) is 6.04 Å². The van der Waals surface area contributed by atoms with Crippen molar-refractivity contribution >= 4 is 0 Å². The molecule has 0 radical (unpaired) electrons. The molecule has 1 atom stereocenters. The van der Waals surface area contributed by atoms with E-state index in [9.17, 15) is 5.11 Å². The molecule has 2 N–H and O–H groups in total. The summed E-state index contributed by atoms with van der Waals surface area (Å²) in [6, 6.07) is 0.645. The first-order chi connectivity index (χ1) is 8.20. The van der Waals surface area contributed by atoms with Gasteiger partial charge >= 0.3 is 0 Å². The first kappa shape index (κ1) is 15.0. The lowest BCUT2D eigenvalue weighted by atomic mass is 9.89. The van der Waals surface area contributed by atoms with Crippen molar-refractivity contribution in [3.63, 3.8) is 0 Å². The minimum Gasteiger partial charge on any atom is -0.394 e. The third-order valence-corrected chi connectivity index (χ3v) is 4.09. The summed E-state index contributed by atoms with van der Waals surface area (Å²) in [5.41, 5.74) is -0.0459. The van der Waals surface area contributed by atoms with Crippen LogP contribution in [0.1, 0.15) is 78.1 Å². The molecular formula is C15H31NO. The maximum Gasteiger partial charge on any atom is 0.0610 e. The van der Waals surface area contributed by atoms with Crippen LogP contribution in [0.5, 0.6) is 0 Å². The SMILES string of the molecule is CCCCCCC(C)(CO)NC1CCCCC1. The number of aliphatic hydroxyl groups excluding tert-OH is 1.